The number of carboxylic acids is 1. The molecule has 2 unspecified atom stereocenters. The number of allylic oxidation sites excluding steroid dienone is 1. The van der Waals surface area contributed by atoms with Crippen molar-refractivity contribution in [3.8, 4) is 0 Å². The molecule has 1 saturated carbocycles. The van der Waals surface area contributed by atoms with Crippen LogP contribution < -0.4 is 5.56 Å². The number of aryl methyl sites for hydroxylation is 1. The summed E-state index contributed by atoms with van der Waals surface area (Å²) in [6, 6.07) is 8.01. The largest absolute Gasteiger partial charge is 0.481 e. The van der Waals surface area contributed by atoms with Crippen molar-refractivity contribution in [3.63, 3.8) is 0 Å². The van der Waals surface area contributed by atoms with Crippen LogP contribution in [0.15, 0.2) is 35.1 Å². The molecule has 0 amide bonds. The number of carbonyl (C=O) groups is 1. The Kier molecular flexibility index (Phi) is 3.32. The molecule has 1 N–H and O–H groups in total. The van der Waals surface area contributed by atoms with Gasteiger partial charge in [-0.2, -0.15) is 0 Å². The van der Waals surface area contributed by atoms with Gasteiger partial charge in [-0.15, -0.1) is 0 Å². The molecule has 1 aliphatic heterocycles. The van der Waals surface area contributed by atoms with Crippen LogP contribution in [-0.4, -0.2) is 20.6 Å². The Hall–Kier alpha value is -2.95. The van der Waals surface area contributed by atoms with Crippen LogP contribution in [0, 0.1) is 12.3 Å². The van der Waals surface area contributed by atoms with Gasteiger partial charge in [-0.3, -0.25) is 14.2 Å². The van der Waals surface area contributed by atoms with Gasteiger partial charge in [-0.1, -0.05) is 35.9 Å². The van der Waals surface area contributed by atoms with Crippen LogP contribution in [0.4, 0.5) is 0 Å². The molecular formula is C22H20N2O3. The molecule has 0 bridgehead atoms. The van der Waals surface area contributed by atoms with Crippen LogP contribution in [0.25, 0.3) is 17.7 Å². The summed E-state index contributed by atoms with van der Waals surface area (Å²) < 4.78 is 1.61. The van der Waals surface area contributed by atoms with E-state index in [9.17, 15) is 14.7 Å². The summed E-state index contributed by atoms with van der Waals surface area (Å²) in [5.41, 5.74) is 3.92. The highest BCUT2D eigenvalue weighted by atomic mass is 16.4. The zero-order chi connectivity index (χ0) is 18.8. The second-order valence-corrected chi connectivity index (χ2v) is 7.80. The minimum atomic E-state index is -0.915. The number of aliphatic carboxylic acids is 1. The van der Waals surface area contributed by atoms with Gasteiger partial charge in [0, 0.05) is 5.56 Å². The first kappa shape index (κ1) is 16.2. The van der Waals surface area contributed by atoms with Crippen molar-refractivity contribution in [1.29, 1.82) is 0 Å². The average molecular weight is 360 g/mol. The maximum absolute atomic E-state index is 13.2. The maximum Gasteiger partial charge on any atom is 0.315 e. The lowest BCUT2D eigenvalue weighted by atomic mass is 9.90. The van der Waals surface area contributed by atoms with Crippen molar-refractivity contribution in [3.05, 3.63) is 68.9 Å². The second-order valence-electron chi connectivity index (χ2n) is 7.80. The van der Waals surface area contributed by atoms with Gasteiger partial charge in [0.25, 0.3) is 5.56 Å². The molecule has 5 heteroatoms. The van der Waals surface area contributed by atoms with Crippen LogP contribution in [0.1, 0.15) is 53.5 Å². The number of rotatable bonds is 2. The van der Waals surface area contributed by atoms with Gasteiger partial charge in [-0.25, -0.2) is 4.98 Å². The summed E-state index contributed by atoms with van der Waals surface area (Å²) in [5.74, 6) is -0.284. The average Bonchev–Trinajstić information content (AvgIpc) is 3.41. The lowest BCUT2D eigenvalue weighted by molar-refractivity contribution is -0.141. The predicted molar refractivity (Wildman–Crippen MR) is 103 cm³/mol. The molecule has 1 aromatic heterocycles. The molecule has 0 radical (unpaired) electrons. The van der Waals surface area contributed by atoms with E-state index >= 15 is 0 Å². The highest BCUT2D eigenvalue weighted by Crippen LogP contribution is 2.59. The van der Waals surface area contributed by atoms with Gasteiger partial charge in [-0.05, 0) is 55.9 Å². The molecule has 0 spiro atoms. The van der Waals surface area contributed by atoms with Crippen molar-refractivity contribution >= 4 is 23.7 Å². The standard InChI is InChI=1S/C22H20N2O3/c1-13-5-7-14(8-6-13)11-15-3-2-4-16-19(15)23-18-9-10-22(21(26)27)12-17(22)24(18)20(16)25/h5-11,17H,2-4,12H2,1H3,(H,26,27). The maximum atomic E-state index is 13.2. The molecule has 2 aromatic rings. The lowest BCUT2D eigenvalue weighted by Crippen LogP contribution is -2.33. The van der Waals surface area contributed by atoms with Crippen LogP contribution in [0.3, 0.4) is 0 Å². The van der Waals surface area contributed by atoms with Crippen molar-refractivity contribution in [2.45, 2.75) is 38.6 Å². The van der Waals surface area contributed by atoms with Crippen LogP contribution in [0.2, 0.25) is 0 Å². The van der Waals surface area contributed by atoms with Gasteiger partial charge in [0.05, 0.1) is 11.7 Å². The monoisotopic (exact) mass is 360 g/mol. The minimum absolute atomic E-state index is 0.0676. The molecule has 1 aromatic carbocycles. The van der Waals surface area contributed by atoms with Crippen LogP contribution in [-0.2, 0) is 11.2 Å². The van der Waals surface area contributed by atoms with E-state index in [-0.39, 0.29) is 11.6 Å². The SMILES string of the molecule is Cc1ccc(C=C2CCCc3c2nc2n(c3=O)C3CC3(C(=O)O)C=C2)cc1. The molecular weight excluding hydrogens is 340 g/mol. The van der Waals surface area contributed by atoms with Gasteiger partial charge < -0.3 is 5.11 Å². The van der Waals surface area contributed by atoms with E-state index in [1.165, 1.54) is 5.56 Å². The number of fused-ring (bicyclic) bond motifs is 4. The first-order chi connectivity index (χ1) is 13.0. The first-order valence-electron chi connectivity index (χ1n) is 9.35. The zero-order valence-corrected chi connectivity index (χ0v) is 15.1. The highest BCUT2D eigenvalue weighted by molar-refractivity contribution is 5.85. The third kappa shape index (κ3) is 2.34. The van der Waals surface area contributed by atoms with E-state index < -0.39 is 11.4 Å². The first-order valence-corrected chi connectivity index (χ1v) is 9.35. The van der Waals surface area contributed by atoms with Crippen molar-refractivity contribution in [2.24, 2.45) is 5.41 Å². The third-order valence-electron chi connectivity index (χ3n) is 6.04. The number of nitrogens with zero attached hydrogens (tertiary/aromatic N) is 2. The molecule has 1 fully saturated rings. The third-order valence-corrected chi connectivity index (χ3v) is 6.04. The van der Waals surface area contributed by atoms with E-state index in [1.54, 1.807) is 16.7 Å². The Labute approximate surface area is 156 Å². The molecule has 2 aliphatic carbocycles. The zero-order valence-electron chi connectivity index (χ0n) is 15.1. The summed E-state index contributed by atoms with van der Waals surface area (Å²) >= 11 is 0. The molecule has 2 heterocycles. The highest BCUT2D eigenvalue weighted by Gasteiger charge is 2.62. The predicted octanol–water partition coefficient (Wildman–Crippen LogP) is 3.47. The fraction of sp³-hybridized carbons (Fsp3) is 0.318. The topological polar surface area (TPSA) is 72.2 Å². The molecule has 3 aliphatic rings. The van der Waals surface area contributed by atoms with Crippen molar-refractivity contribution < 1.29 is 9.90 Å². The number of benzene rings is 1. The Morgan fingerprint density at radius 1 is 1.30 bits per heavy atom. The van der Waals surface area contributed by atoms with Gasteiger partial charge in [0.15, 0.2) is 0 Å². The van der Waals surface area contributed by atoms with Crippen molar-refractivity contribution in [2.75, 3.05) is 0 Å². The molecule has 5 nitrogen and oxygen atoms in total. The summed E-state index contributed by atoms with van der Waals surface area (Å²) in [6.07, 6.45) is 8.50. The summed E-state index contributed by atoms with van der Waals surface area (Å²) in [6.45, 7) is 2.06. The Morgan fingerprint density at radius 2 is 2.07 bits per heavy atom. The molecule has 27 heavy (non-hydrogen) atoms. The van der Waals surface area contributed by atoms with Crippen LogP contribution in [0.5, 0.6) is 0 Å². The molecule has 0 saturated heterocycles. The van der Waals surface area contributed by atoms with E-state index in [0.717, 1.165) is 35.2 Å². The van der Waals surface area contributed by atoms with Gasteiger partial charge in [0.2, 0.25) is 0 Å². The molecule has 5 rings (SSSR count). The van der Waals surface area contributed by atoms with Gasteiger partial charge >= 0.3 is 5.97 Å². The van der Waals surface area contributed by atoms with E-state index in [0.29, 0.717) is 18.7 Å². The molecule has 2 atom stereocenters. The number of carboxylic acid groups (broad SMARTS) is 1. The summed E-state index contributed by atoms with van der Waals surface area (Å²) in [4.78, 5) is 29.6. The molecule has 136 valence electrons. The normalized spacial score (nSPS) is 26.3. The summed E-state index contributed by atoms with van der Waals surface area (Å²) in [7, 11) is 0. The van der Waals surface area contributed by atoms with Gasteiger partial charge in [0.1, 0.15) is 11.2 Å². The van der Waals surface area contributed by atoms with E-state index in [2.05, 4.69) is 37.3 Å². The van der Waals surface area contributed by atoms with E-state index in [1.807, 2.05) is 0 Å². The second kappa shape index (κ2) is 5.52. The fourth-order valence-electron chi connectivity index (χ4n) is 4.36. The number of hydrogen-bond acceptors (Lipinski definition) is 3. The Morgan fingerprint density at radius 3 is 2.81 bits per heavy atom. The quantitative estimate of drug-likeness (QED) is 0.890. The van der Waals surface area contributed by atoms with Crippen molar-refractivity contribution in [1.82, 2.24) is 9.55 Å². The number of aromatic nitrogens is 2. The Bertz CT molecular complexity index is 1090. The number of hydrogen-bond donors (Lipinski definition) is 1. The lowest BCUT2D eigenvalue weighted by Gasteiger charge is -2.23. The fourth-order valence-corrected chi connectivity index (χ4v) is 4.36. The summed E-state index contributed by atoms with van der Waals surface area (Å²) in [5, 5.41) is 9.52. The van der Waals surface area contributed by atoms with Crippen LogP contribution >= 0.6 is 0 Å². The van der Waals surface area contributed by atoms with E-state index in [4.69, 9.17) is 4.98 Å². The minimum Gasteiger partial charge on any atom is -0.481 e. The Balaban J connectivity index is 1.63. The smallest absolute Gasteiger partial charge is 0.315 e.